The maximum Gasteiger partial charge on any atom is 0.416 e. The summed E-state index contributed by atoms with van der Waals surface area (Å²) in [5.41, 5.74) is -2.11. The number of anilines is 1. The summed E-state index contributed by atoms with van der Waals surface area (Å²) < 4.78 is 98.8. The molecule has 0 saturated heterocycles. The van der Waals surface area contributed by atoms with Crippen molar-refractivity contribution in [3.8, 4) is 34.3 Å². The molecule has 3 N–H and O–H groups in total. The number of phenolic OH excluding ortho intramolecular Hbond substituents is 2. The van der Waals surface area contributed by atoms with Gasteiger partial charge in [0.1, 0.15) is 11.6 Å². The predicted octanol–water partition coefficient (Wildman–Crippen LogP) is 6.00. The molecule has 0 aliphatic carbocycles. The summed E-state index contributed by atoms with van der Waals surface area (Å²) in [6, 6.07) is 6.26. The number of alkyl halides is 3. The molecule has 4 rings (SSSR count). The number of benzene rings is 3. The van der Waals surface area contributed by atoms with Crippen molar-refractivity contribution in [1.82, 2.24) is 10.1 Å². The van der Waals surface area contributed by atoms with Crippen molar-refractivity contribution in [3.05, 3.63) is 76.9 Å². The van der Waals surface area contributed by atoms with Crippen LogP contribution in [0.25, 0.3) is 22.8 Å². The van der Waals surface area contributed by atoms with Crippen molar-refractivity contribution < 1.29 is 45.5 Å². The second-order valence-corrected chi connectivity index (χ2v) is 7.19. The zero-order valence-electron chi connectivity index (χ0n) is 17.1. The van der Waals surface area contributed by atoms with E-state index in [0.717, 1.165) is 18.2 Å². The fourth-order valence-corrected chi connectivity index (χ4v) is 3.17. The maximum atomic E-state index is 14.1. The molecule has 3 aromatic carbocycles. The highest BCUT2D eigenvalue weighted by Gasteiger charge is 2.33. The summed E-state index contributed by atoms with van der Waals surface area (Å²) in [5, 5.41) is 25.6. The standard InChI is InChI=1S/C22H12F7N3O3/c23-11-3-1-10(13(6-11)22(27,28)29)8-30-15-5-9(2-4-16(15)33)20-31-21(35-32-20)12-7-14(24)18(26)19(34)17(12)25/h1-7,30,33-34H,8H2. The zero-order valence-corrected chi connectivity index (χ0v) is 17.1. The first kappa shape index (κ1) is 23.9. The van der Waals surface area contributed by atoms with Gasteiger partial charge in [0.15, 0.2) is 17.4 Å². The molecule has 182 valence electrons. The molecule has 0 spiro atoms. The summed E-state index contributed by atoms with van der Waals surface area (Å²) in [6.07, 6.45) is -4.81. The molecule has 0 bridgehead atoms. The minimum atomic E-state index is -4.81. The Labute approximate surface area is 191 Å². The Balaban J connectivity index is 1.62. The van der Waals surface area contributed by atoms with Crippen LogP contribution in [0.15, 0.2) is 47.0 Å². The number of phenols is 2. The van der Waals surface area contributed by atoms with Gasteiger partial charge in [0.25, 0.3) is 5.89 Å². The van der Waals surface area contributed by atoms with Crippen LogP contribution >= 0.6 is 0 Å². The van der Waals surface area contributed by atoms with E-state index in [0.29, 0.717) is 12.1 Å². The number of aromatic nitrogens is 2. The fourth-order valence-electron chi connectivity index (χ4n) is 3.17. The van der Waals surface area contributed by atoms with E-state index in [1.54, 1.807) is 0 Å². The first-order valence-corrected chi connectivity index (χ1v) is 9.59. The first-order valence-electron chi connectivity index (χ1n) is 9.59. The molecule has 0 aliphatic heterocycles. The smallest absolute Gasteiger partial charge is 0.416 e. The van der Waals surface area contributed by atoms with E-state index in [4.69, 9.17) is 4.52 Å². The quantitative estimate of drug-likeness (QED) is 0.177. The fraction of sp³-hybridized carbons (Fsp3) is 0.0909. The number of aromatic hydroxyl groups is 2. The number of nitrogens with one attached hydrogen (secondary N) is 1. The van der Waals surface area contributed by atoms with Gasteiger partial charge in [0.2, 0.25) is 11.6 Å². The maximum absolute atomic E-state index is 14.1. The van der Waals surface area contributed by atoms with Crippen molar-refractivity contribution >= 4 is 5.69 Å². The molecule has 0 aliphatic rings. The van der Waals surface area contributed by atoms with Crippen molar-refractivity contribution in [2.24, 2.45) is 0 Å². The normalized spacial score (nSPS) is 11.6. The third kappa shape index (κ3) is 4.69. The number of halogens is 7. The Bertz CT molecular complexity index is 1420. The monoisotopic (exact) mass is 499 g/mol. The molecule has 1 aromatic heterocycles. The van der Waals surface area contributed by atoms with Crippen LogP contribution in [-0.4, -0.2) is 20.4 Å². The minimum Gasteiger partial charge on any atom is -0.506 e. The van der Waals surface area contributed by atoms with E-state index < -0.39 is 58.8 Å². The van der Waals surface area contributed by atoms with Crippen LogP contribution in [0, 0.1) is 23.3 Å². The Hall–Kier alpha value is -4.29. The summed E-state index contributed by atoms with van der Waals surface area (Å²) in [5.74, 6) is -8.69. The van der Waals surface area contributed by atoms with E-state index in [1.807, 2.05) is 0 Å². The summed E-state index contributed by atoms with van der Waals surface area (Å²) in [7, 11) is 0. The van der Waals surface area contributed by atoms with Crippen LogP contribution in [0.4, 0.5) is 36.4 Å². The molecule has 0 radical (unpaired) electrons. The highest BCUT2D eigenvalue weighted by molar-refractivity contribution is 5.69. The van der Waals surface area contributed by atoms with Crippen LogP contribution in [0.3, 0.4) is 0 Å². The molecule has 0 unspecified atom stereocenters. The Morgan fingerprint density at radius 3 is 2.37 bits per heavy atom. The SMILES string of the molecule is Oc1ccc(-c2noc(-c3cc(F)c(F)c(O)c3F)n2)cc1NCc1ccc(F)cc1C(F)(F)F. The molecule has 0 amide bonds. The number of rotatable bonds is 5. The van der Waals surface area contributed by atoms with Crippen molar-refractivity contribution in [3.63, 3.8) is 0 Å². The lowest BCUT2D eigenvalue weighted by Gasteiger charge is -2.15. The molecule has 6 nitrogen and oxygen atoms in total. The summed E-state index contributed by atoms with van der Waals surface area (Å²) in [4.78, 5) is 3.85. The molecule has 0 saturated carbocycles. The Morgan fingerprint density at radius 1 is 0.914 bits per heavy atom. The van der Waals surface area contributed by atoms with Gasteiger partial charge in [0.05, 0.1) is 16.8 Å². The third-order valence-electron chi connectivity index (χ3n) is 4.89. The molecule has 1 heterocycles. The Kier molecular flexibility index (Phi) is 6.01. The predicted molar refractivity (Wildman–Crippen MR) is 107 cm³/mol. The lowest BCUT2D eigenvalue weighted by molar-refractivity contribution is -0.138. The second kappa shape index (κ2) is 8.81. The average molecular weight is 499 g/mol. The van der Waals surface area contributed by atoms with Gasteiger partial charge < -0.3 is 20.1 Å². The largest absolute Gasteiger partial charge is 0.506 e. The second-order valence-electron chi connectivity index (χ2n) is 7.19. The van der Waals surface area contributed by atoms with E-state index in [2.05, 4.69) is 15.5 Å². The molecular weight excluding hydrogens is 487 g/mol. The van der Waals surface area contributed by atoms with Gasteiger partial charge >= 0.3 is 6.18 Å². The lowest BCUT2D eigenvalue weighted by Crippen LogP contribution is -2.12. The van der Waals surface area contributed by atoms with Crippen LogP contribution in [0.1, 0.15) is 11.1 Å². The van der Waals surface area contributed by atoms with Gasteiger partial charge in [-0.2, -0.15) is 22.5 Å². The van der Waals surface area contributed by atoms with Crippen molar-refractivity contribution in [2.45, 2.75) is 12.7 Å². The van der Waals surface area contributed by atoms with Crippen molar-refractivity contribution in [2.75, 3.05) is 5.32 Å². The highest BCUT2D eigenvalue weighted by Crippen LogP contribution is 2.36. The Morgan fingerprint density at radius 2 is 1.66 bits per heavy atom. The zero-order chi connectivity index (χ0) is 25.5. The van der Waals surface area contributed by atoms with Crippen molar-refractivity contribution in [1.29, 1.82) is 0 Å². The highest BCUT2D eigenvalue weighted by atomic mass is 19.4. The van der Waals surface area contributed by atoms with Crippen LogP contribution < -0.4 is 5.32 Å². The van der Waals surface area contributed by atoms with E-state index in [1.165, 1.54) is 12.1 Å². The summed E-state index contributed by atoms with van der Waals surface area (Å²) >= 11 is 0. The van der Waals surface area contributed by atoms with Gasteiger partial charge in [0, 0.05) is 12.1 Å². The van der Waals surface area contributed by atoms with Gasteiger partial charge in [-0.25, -0.2) is 13.2 Å². The number of nitrogens with zero attached hydrogens (tertiary/aromatic N) is 2. The molecule has 0 fully saturated rings. The molecule has 13 heteroatoms. The topological polar surface area (TPSA) is 91.4 Å². The average Bonchev–Trinajstić information content (AvgIpc) is 3.29. The molecule has 4 aromatic rings. The number of hydrogen-bond donors (Lipinski definition) is 3. The lowest BCUT2D eigenvalue weighted by atomic mass is 10.1. The molecular formula is C22H12F7N3O3. The van der Waals surface area contributed by atoms with Gasteiger partial charge in [-0.15, -0.1) is 0 Å². The molecule has 0 atom stereocenters. The first-order chi connectivity index (χ1) is 16.5. The minimum absolute atomic E-state index is 0.0528. The van der Waals surface area contributed by atoms with E-state index >= 15 is 0 Å². The van der Waals surface area contributed by atoms with Crippen LogP contribution in [-0.2, 0) is 12.7 Å². The van der Waals surface area contributed by atoms with E-state index in [9.17, 15) is 40.9 Å². The molecule has 35 heavy (non-hydrogen) atoms. The van der Waals surface area contributed by atoms with Crippen LogP contribution in [0.5, 0.6) is 11.5 Å². The van der Waals surface area contributed by atoms with E-state index in [-0.39, 0.29) is 28.4 Å². The van der Waals surface area contributed by atoms with Crippen LogP contribution in [0.2, 0.25) is 0 Å². The third-order valence-corrected chi connectivity index (χ3v) is 4.89. The van der Waals surface area contributed by atoms with Gasteiger partial charge in [-0.1, -0.05) is 11.2 Å². The number of hydrogen-bond acceptors (Lipinski definition) is 6. The van der Waals surface area contributed by atoms with Gasteiger partial charge in [-0.3, -0.25) is 0 Å². The van der Waals surface area contributed by atoms with Gasteiger partial charge in [-0.05, 0) is 42.0 Å². The summed E-state index contributed by atoms with van der Waals surface area (Å²) in [6.45, 7) is -0.441.